The summed E-state index contributed by atoms with van der Waals surface area (Å²) in [4.78, 5) is 41.4. The van der Waals surface area contributed by atoms with Crippen molar-refractivity contribution in [2.45, 2.75) is 26.3 Å². The quantitative estimate of drug-likeness (QED) is 0.754. The van der Waals surface area contributed by atoms with Gasteiger partial charge < -0.3 is 15.4 Å². The molecule has 1 unspecified atom stereocenters. The summed E-state index contributed by atoms with van der Waals surface area (Å²) in [6.07, 6.45) is 0.0884. The highest BCUT2D eigenvalue weighted by Gasteiger charge is 2.19. The number of aromatic nitrogens is 1. The lowest BCUT2D eigenvalue weighted by molar-refractivity contribution is -0.118. The van der Waals surface area contributed by atoms with Crippen LogP contribution in [-0.4, -0.2) is 47.4 Å². The van der Waals surface area contributed by atoms with Crippen molar-refractivity contribution in [3.63, 3.8) is 0 Å². The molecule has 1 atom stereocenters. The second-order valence-electron chi connectivity index (χ2n) is 6.14. The molecule has 2 N–H and O–H groups in total. The summed E-state index contributed by atoms with van der Waals surface area (Å²) in [5.74, 6) is -1.19. The second-order valence-corrected chi connectivity index (χ2v) is 6.14. The number of nitrogens with two attached hydrogens (primary N) is 1. The highest BCUT2D eigenvalue weighted by Crippen LogP contribution is 2.20. The van der Waals surface area contributed by atoms with Gasteiger partial charge in [-0.1, -0.05) is 18.2 Å². The van der Waals surface area contributed by atoms with Gasteiger partial charge >= 0.3 is 5.97 Å². The van der Waals surface area contributed by atoms with E-state index in [2.05, 4.69) is 4.98 Å². The smallest absolute Gasteiger partial charge is 0.356 e. The number of carbonyl (C=O) groups excluding carboxylic acids is 3. The number of hydrogen-bond donors (Lipinski definition) is 1. The Kier molecular flexibility index (Phi) is 6.65. The Balaban J connectivity index is 2.27. The van der Waals surface area contributed by atoms with Gasteiger partial charge in [0.05, 0.1) is 12.3 Å². The lowest BCUT2D eigenvalue weighted by Crippen LogP contribution is -2.37. The van der Waals surface area contributed by atoms with Crippen molar-refractivity contribution in [1.82, 2.24) is 9.88 Å². The molecule has 2 aromatic rings. The van der Waals surface area contributed by atoms with E-state index in [4.69, 9.17) is 10.5 Å². The molecule has 142 valence electrons. The van der Waals surface area contributed by atoms with Crippen LogP contribution in [0.2, 0.25) is 0 Å². The van der Waals surface area contributed by atoms with Crippen molar-refractivity contribution < 1.29 is 19.1 Å². The molecule has 2 rings (SSSR count). The van der Waals surface area contributed by atoms with Gasteiger partial charge in [0, 0.05) is 30.6 Å². The number of rotatable bonds is 7. The van der Waals surface area contributed by atoms with Crippen molar-refractivity contribution in [2.24, 2.45) is 5.73 Å². The van der Waals surface area contributed by atoms with Gasteiger partial charge in [-0.15, -0.1) is 0 Å². The maximum absolute atomic E-state index is 12.7. The molecule has 0 aliphatic carbocycles. The average Bonchev–Trinajstić information content (AvgIpc) is 2.66. The minimum absolute atomic E-state index is 0.0884. The fourth-order valence-corrected chi connectivity index (χ4v) is 2.56. The van der Waals surface area contributed by atoms with Gasteiger partial charge in [-0.05, 0) is 38.1 Å². The minimum atomic E-state index is -0.494. The molecule has 0 saturated carbocycles. The Morgan fingerprint density at radius 3 is 2.56 bits per heavy atom. The van der Waals surface area contributed by atoms with Crippen LogP contribution in [0.25, 0.3) is 11.3 Å². The van der Waals surface area contributed by atoms with Crippen molar-refractivity contribution >= 4 is 17.8 Å². The van der Waals surface area contributed by atoms with Crippen LogP contribution in [0, 0.1) is 0 Å². The standard InChI is InChI=1S/C20H23N3O4/c1-4-27-20(26)17-10-6-9-16(22-17)14-7-5-8-15(12-14)19(25)23(3)13(2)11-18(21)24/h5-10,12-13H,4,11H2,1-3H3,(H2,21,24). The first kappa shape index (κ1) is 20.1. The largest absolute Gasteiger partial charge is 0.461 e. The van der Waals surface area contributed by atoms with E-state index < -0.39 is 11.9 Å². The first-order valence-electron chi connectivity index (χ1n) is 8.63. The molecule has 0 bridgehead atoms. The van der Waals surface area contributed by atoms with E-state index in [0.717, 1.165) is 0 Å². The molecule has 1 heterocycles. The van der Waals surface area contributed by atoms with Gasteiger partial charge in [0.15, 0.2) is 0 Å². The maximum atomic E-state index is 12.7. The third kappa shape index (κ3) is 5.13. The Labute approximate surface area is 158 Å². The predicted molar refractivity (Wildman–Crippen MR) is 101 cm³/mol. The van der Waals surface area contributed by atoms with Crippen LogP contribution >= 0.6 is 0 Å². The number of esters is 1. The lowest BCUT2D eigenvalue weighted by Gasteiger charge is -2.24. The summed E-state index contributed by atoms with van der Waals surface area (Å²) < 4.78 is 4.97. The molecular formula is C20H23N3O4. The molecule has 2 amide bonds. The van der Waals surface area contributed by atoms with Gasteiger partial charge in [-0.25, -0.2) is 9.78 Å². The summed E-state index contributed by atoms with van der Waals surface area (Å²) >= 11 is 0. The van der Waals surface area contributed by atoms with Crippen LogP contribution in [-0.2, 0) is 9.53 Å². The summed E-state index contributed by atoms with van der Waals surface area (Å²) in [6.45, 7) is 3.76. The molecule has 1 aromatic carbocycles. The zero-order valence-electron chi connectivity index (χ0n) is 15.6. The van der Waals surface area contributed by atoms with Crippen molar-refractivity contribution in [3.05, 3.63) is 53.7 Å². The zero-order chi connectivity index (χ0) is 20.0. The van der Waals surface area contributed by atoms with E-state index in [1.807, 2.05) is 0 Å². The zero-order valence-corrected chi connectivity index (χ0v) is 15.6. The number of pyridine rings is 1. The summed E-state index contributed by atoms with van der Waals surface area (Å²) in [5.41, 5.74) is 7.12. The number of amides is 2. The molecule has 0 saturated heterocycles. The van der Waals surface area contributed by atoms with Crippen molar-refractivity contribution in [2.75, 3.05) is 13.7 Å². The van der Waals surface area contributed by atoms with Crippen LogP contribution in [0.3, 0.4) is 0 Å². The predicted octanol–water partition coefficient (Wildman–Crippen LogP) is 2.26. The Morgan fingerprint density at radius 1 is 1.19 bits per heavy atom. The van der Waals surface area contributed by atoms with Gasteiger partial charge in [0.25, 0.3) is 5.91 Å². The van der Waals surface area contributed by atoms with Crippen molar-refractivity contribution in [3.8, 4) is 11.3 Å². The van der Waals surface area contributed by atoms with Crippen LogP contribution in [0.4, 0.5) is 0 Å². The Hall–Kier alpha value is -3.22. The molecule has 0 fully saturated rings. The second kappa shape index (κ2) is 8.93. The summed E-state index contributed by atoms with van der Waals surface area (Å²) in [5, 5.41) is 0. The van der Waals surface area contributed by atoms with Crippen LogP contribution < -0.4 is 5.73 Å². The molecule has 0 radical (unpaired) electrons. The Bertz CT molecular complexity index is 851. The van der Waals surface area contributed by atoms with E-state index in [1.54, 1.807) is 63.4 Å². The van der Waals surface area contributed by atoms with E-state index in [1.165, 1.54) is 4.90 Å². The fourth-order valence-electron chi connectivity index (χ4n) is 2.56. The van der Waals surface area contributed by atoms with Gasteiger partial charge in [-0.2, -0.15) is 0 Å². The molecule has 0 spiro atoms. The monoisotopic (exact) mass is 369 g/mol. The van der Waals surface area contributed by atoms with E-state index in [0.29, 0.717) is 16.8 Å². The normalized spacial score (nSPS) is 11.5. The van der Waals surface area contributed by atoms with Gasteiger partial charge in [0.2, 0.25) is 5.91 Å². The number of ether oxygens (including phenoxy) is 1. The SMILES string of the molecule is CCOC(=O)c1cccc(-c2cccc(C(=O)N(C)C(C)CC(N)=O)c2)n1. The van der Waals surface area contributed by atoms with Crippen LogP contribution in [0.5, 0.6) is 0 Å². The number of carbonyl (C=O) groups is 3. The maximum Gasteiger partial charge on any atom is 0.356 e. The van der Waals surface area contributed by atoms with E-state index in [-0.39, 0.29) is 30.7 Å². The Morgan fingerprint density at radius 2 is 1.89 bits per heavy atom. The average molecular weight is 369 g/mol. The first-order valence-corrected chi connectivity index (χ1v) is 8.63. The van der Waals surface area contributed by atoms with Crippen LogP contribution in [0.1, 0.15) is 41.1 Å². The summed E-state index contributed by atoms with van der Waals surface area (Å²) in [6, 6.07) is 11.7. The highest BCUT2D eigenvalue weighted by molar-refractivity contribution is 5.96. The fraction of sp³-hybridized carbons (Fsp3) is 0.300. The highest BCUT2D eigenvalue weighted by atomic mass is 16.5. The third-order valence-electron chi connectivity index (χ3n) is 4.12. The molecule has 1 aromatic heterocycles. The minimum Gasteiger partial charge on any atom is -0.461 e. The van der Waals surface area contributed by atoms with Gasteiger partial charge in [0.1, 0.15) is 5.69 Å². The summed E-state index contributed by atoms with van der Waals surface area (Å²) in [7, 11) is 1.63. The third-order valence-corrected chi connectivity index (χ3v) is 4.12. The van der Waals surface area contributed by atoms with E-state index in [9.17, 15) is 14.4 Å². The number of nitrogens with zero attached hydrogens (tertiary/aromatic N) is 2. The molecule has 0 aliphatic heterocycles. The van der Waals surface area contributed by atoms with Crippen molar-refractivity contribution in [1.29, 1.82) is 0 Å². The molecule has 27 heavy (non-hydrogen) atoms. The first-order chi connectivity index (χ1) is 12.8. The molecular weight excluding hydrogens is 346 g/mol. The lowest BCUT2D eigenvalue weighted by atomic mass is 10.1. The van der Waals surface area contributed by atoms with Crippen LogP contribution in [0.15, 0.2) is 42.5 Å². The number of primary amides is 1. The van der Waals surface area contributed by atoms with E-state index >= 15 is 0 Å². The number of benzene rings is 1. The molecule has 7 heteroatoms. The molecule has 0 aliphatic rings. The topological polar surface area (TPSA) is 103 Å². The molecule has 7 nitrogen and oxygen atoms in total. The van der Waals surface area contributed by atoms with Gasteiger partial charge in [-0.3, -0.25) is 9.59 Å². The number of hydrogen-bond acceptors (Lipinski definition) is 5.